The number of hydrogen-bond acceptors (Lipinski definition) is 4. The van der Waals surface area contributed by atoms with Gasteiger partial charge in [0, 0.05) is 19.5 Å². The van der Waals surface area contributed by atoms with E-state index in [1.54, 1.807) is 4.90 Å². The second kappa shape index (κ2) is 5.34. The van der Waals surface area contributed by atoms with E-state index in [1.807, 2.05) is 25.1 Å². The van der Waals surface area contributed by atoms with Gasteiger partial charge < -0.3 is 10.0 Å². The van der Waals surface area contributed by atoms with E-state index in [-0.39, 0.29) is 12.0 Å². The monoisotopic (exact) mass is 288 g/mol. The number of benzene rings is 1. The molecule has 0 radical (unpaired) electrons. The number of carbonyl (C=O) groups is 1. The van der Waals surface area contributed by atoms with Gasteiger partial charge in [-0.3, -0.25) is 4.79 Å². The van der Waals surface area contributed by atoms with E-state index in [0.29, 0.717) is 18.0 Å². The van der Waals surface area contributed by atoms with Crippen LogP contribution in [0.25, 0.3) is 0 Å². The fourth-order valence-electron chi connectivity index (χ4n) is 2.26. The van der Waals surface area contributed by atoms with Crippen LogP contribution in [0, 0.1) is 6.92 Å². The van der Waals surface area contributed by atoms with Crippen molar-refractivity contribution in [3.05, 3.63) is 51.5 Å². The van der Waals surface area contributed by atoms with E-state index in [0.717, 1.165) is 17.1 Å². The van der Waals surface area contributed by atoms with Gasteiger partial charge in [0.15, 0.2) is 0 Å². The van der Waals surface area contributed by atoms with Gasteiger partial charge in [0.2, 0.25) is 0 Å². The van der Waals surface area contributed by atoms with Crippen molar-refractivity contribution in [2.75, 3.05) is 13.1 Å². The topological polar surface area (TPSA) is 53.4 Å². The molecule has 1 aliphatic rings. The molecular formula is C15H16N2O2S. The number of carbonyl (C=O) groups excluding carboxylic acids is 1. The number of aryl methyl sites for hydroxylation is 1. The van der Waals surface area contributed by atoms with Crippen molar-refractivity contribution >= 4 is 17.2 Å². The predicted octanol–water partition coefficient (Wildman–Crippen LogP) is 1.86. The van der Waals surface area contributed by atoms with Gasteiger partial charge in [-0.15, -0.1) is 11.3 Å². The number of aliphatic hydroxyl groups excluding tert-OH is 1. The fraction of sp³-hybridized carbons (Fsp3) is 0.333. The van der Waals surface area contributed by atoms with E-state index in [1.165, 1.54) is 16.9 Å². The molecule has 0 spiro atoms. The Morgan fingerprint density at radius 2 is 2.10 bits per heavy atom. The molecule has 1 aromatic carbocycles. The number of aliphatic hydroxyl groups is 1. The molecular weight excluding hydrogens is 272 g/mol. The van der Waals surface area contributed by atoms with Crippen LogP contribution in [-0.2, 0) is 6.42 Å². The molecule has 2 heterocycles. The number of amides is 1. The lowest BCUT2D eigenvalue weighted by atomic mass is 10.1. The number of likely N-dealkylation sites (tertiary alicyclic amines) is 1. The van der Waals surface area contributed by atoms with Crippen molar-refractivity contribution in [3.63, 3.8) is 0 Å². The van der Waals surface area contributed by atoms with Crippen LogP contribution >= 0.6 is 11.3 Å². The first-order chi connectivity index (χ1) is 9.63. The molecule has 5 heteroatoms. The molecule has 1 fully saturated rings. The standard InChI is InChI=1S/C15H16N2O2S/c1-10-14(15(19)17-8-12(18)9-17)20-13(16-10)7-11-5-3-2-4-6-11/h2-6,12,18H,7-9H2,1H3. The maximum absolute atomic E-state index is 12.2. The molecule has 0 saturated carbocycles. The number of thiazole rings is 1. The maximum atomic E-state index is 12.2. The molecule has 1 aliphatic heterocycles. The van der Waals surface area contributed by atoms with E-state index < -0.39 is 0 Å². The van der Waals surface area contributed by atoms with Crippen molar-refractivity contribution < 1.29 is 9.90 Å². The fourth-order valence-corrected chi connectivity index (χ4v) is 3.33. The smallest absolute Gasteiger partial charge is 0.266 e. The SMILES string of the molecule is Cc1nc(Cc2ccccc2)sc1C(=O)N1CC(O)C1. The summed E-state index contributed by atoms with van der Waals surface area (Å²) in [5, 5.41) is 10.2. The van der Waals surface area contributed by atoms with Gasteiger partial charge in [0.05, 0.1) is 16.8 Å². The summed E-state index contributed by atoms with van der Waals surface area (Å²) in [7, 11) is 0. The highest BCUT2D eigenvalue weighted by atomic mass is 32.1. The molecule has 20 heavy (non-hydrogen) atoms. The van der Waals surface area contributed by atoms with E-state index in [2.05, 4.69) is 17.1 Å². The number of β-amino-alcohol motifs (C(OH)–C–C–N with tert-alkyl or cyclic N) is 1. The predicted molar refractivity (Wildman–Crippen MR) is 78.0 cm³/mol. The highest BCUT2D eigenvalue weighted by Gasteiger charge is 2.31. The van der Waals surface area contributed by atoms with Crippen molar-refractivity contribution in [3.8, 4) is 0 Å². The average Bonchev–Trinajstić information content (AvgIpc) is 2.76. The van der Waals surface area contributed by atoms with E-state index in [4.69, 9.17) is 0 Å². The Hall–Kier alpha value is -1.72. The molecule has 1 saturated heterocycles. The third-order valence-corrected chi connectivity index (χ3v) is 4.53. The molecule has 1 N–H and O–H groups in total. The second-order valence-electron chi connectivity index (χ2n) is 5.05. The Balaban J connectivity index is 1.75. The third-order valence-electron chi connectivity index (χ3n) is 3.38. The highest BCUT2D eigenvalue weighted by molar-refractivity contribution is 7.13. The lowest BCUT2D eigenvalue weighted by Crippen LogP contribution is -2.53. The van der Waals surface area contributed by atoms with Crippen LogP contribution in [-0.4, -0.2) is 40.1 Å². The molecule has 0 unspecified atom stereocenters. The Labute approximate surface area is 121 Å². The van der Waals surface area contributed by atoms with Crippen molar-refractivity contribution in [1.82, 2.24) is 9.88 Å². The second-order valence-corrected chi connectivity index (χ2v) is 6.13. The zero-order chi connectivity index (χ0) is 14.1. The average molecular weight is 288 g/mol. The van der Waals surface area contributed by atoms with E-state index >= 15 is 0 Å². The number of nitrogens with zero attached hydrogens (tertiary/aromatic N) is 2. The molecule has 0 atom stereocenters. The van der Waals surface area contributed by atoms with Crippen molar-refractivity contribution in [1.29, 1.82) is 0 Å². The zero-order valence-electron chi connectivity index (χ0n) is 11.2. The minimum Gasteiger partial charge on any atom is -0.389 e. The van der Waals surface area contributed by atoms with Crippen LogP contribution in [0.3, 0.4) is 0 Å². The van der Waals surface area contributed by atoms with Gasteiger partial charge in [0.25, 0.3) is 5.91 Å². The van der Waals surface area contributed by atoms with Crippen LogP contribution in [0.5, 0.6) is 0 Å². The van der Waals surface area contributed by atoms with Crippen LogP contribution in [0.15, 0.2) is 30.3 Å². The first-order valence-electron chi connectivity index (χ1n) is 6.61. The number of rotatable bonds is 3. The van der Waals surface area contributed by atoms with Crippen molar-refractivity contribution in [2.24, 2.45) is 0 Å². The van der Waals surface area contributed by atoms with Gasteiger partial charge in [-0.1, -0.05) is 30.3 Å². The molecule has 2 aromatic rings. The summed E-state index contributed by atoms with van der Waals surface area (Å²) in [6, 6.07) is 10.1. The zero-order valence-corrected chi connectivity index (χ0v) is 12.1. The molecule has 4 nitrogen and oxygen atoms in total. The van der Waals surface area contributed by atoms with Gasteiger partial charge in [-0.05, 0) is 12.5 Å². The molecule has 0 aliphatic carbocycles. The molecule has 1 aromatic heterocycles. The van der Waals surface area contributed by atoms with Crippen LogP contribution < -0.4 is 0 Å². The van der Waals surface area contributed by atoms with Crippen LogP contribution in [0.1, 0.15) is 25.9 Å². The lowest BCUT2D eigenvalue weighted by Gasteiger charge is -2.35. The van der Waals surface area contributed by atoms with Gasteiger partial charge in [-0.25, -0.2) is 4.98 Å². The number of hydrogen-bond donors (Lipinski definition) is 1. The van der Waals surface area contributed by atoms with E-state index in [9.17, 15) is 9.90 Å². The highest BCUT2D eigenvalue weighted by Crippen LogP contribution is 2.24. The minimum absolute atomic E-state index is 0.00962. The Morgan fingerprint density at radius 1 is 1.40 bits per heavy atom. The molecule has 0 bridgehead atoms. The summed E-state index contributed by atoms with van der Waals surface area (Å²) < 4.78 is 0. The first-order valence-corrected chi connectivity index (χ1v) is 7.42. The largest absolute Gasteiger partial charge is 0.389 e. The van der Waals surface area contributed by atoms with Crippen LogP contribution in [0.4, 0.5) is 0 Å². The third kappa shape index (κ3) is 2.59. The quantitative estimate of drug-likeness (QED) is 0.938. The normalized spacial score (nSPS) is 15.2. The minimum atomic E-state index is -0.365. The van der Waals surface area contributed by atoms with Gasteiger partial charge in [0.1, 0.15) is 4.88 Å². The first kappa shape index (κ1) is 13.3. The molecule has 1 amide bonds. The Morgan fingerprint density at radius 3 is 2.75 bits per heavy atom. The summed E-state index contributed by atoms with van der Waals surface area (Å²) in [6.45, 7) is 2.74. The summed E-state index contributed by atoms with van der Waals surface area (Å²) in [6.07, 6.45) is 0.387. The summed E-state index contributed by atoms with van der Waals surface area (Å²) in [5.74, 6) is -0.00962. The molecule has 104 valence electrons. The summed E-state index contributed by atoms with van der Waals surface area (Å²) >= 11 is 1.46. The Kier molecular flexibility index (Phi) is 3.54. The summed E-state index contributed by atoms with van der Waals surface area (Å²) in [5.41, 5.74) is 1.98. The molecule has 3 rings (SSSR count). The number of aromatic nitrogens is 1. The summed E-state index contributed by atoms with van der Waals surface area (Å²) in [4.78, 5) is 19.1. The maximum Gasteiger partial charge on any atom is 0.266 e. The Bertz CT molecular complexity index is 618. The van der Waals surface area contributed by atoms with Gasteiger partial charge in [-0.2, -0.15) is 0 Å². The van der Waals surface area contributed by atoms with Crippen LogP contribution in [0.2, 0.25) is 0 Å². The lowest BCUT2D eigenvalue weighted by molar-refractivity contribution is 0.00616. The van der Waals surface area contributed by atoms with Crippen molar-refractivity contribution in [2.45, 2.75) is 19.4 Å². The van der Waals surface area contributed by atoms with Gasteiger partial charge >= 0.3 is 0 Å².